The number of thiophene rings is 1. The quantitative estimate of drug-likeness (QED) is 0.515. The van der Waals surface area contributed by atoms with Crippen molar-refractivity contribution >= 4 is 50.7 Å². The Labute approximate surface area is 160 Å². The minimum absolute atomic E-state index is 0.0592. The van der Waals surface area contributed by atoms with Gasteiger partial charge in [-0.1, -0.05) is 23.2 Å². The minimum atomic E-state index is -4.23. The van der Waals surface area contributed by atoms with Crippen LogP contribution in [0.15, 0.2) is 23.6 Å². The van der Waals surface area contributed by atoms with Crippen LogP contribution in [0.4, 0.5) is 19.1 Å². The topological polar surface area (TPSA) is 61.0 Å². The van der Waals surface area contributed by atoms with Gasteiger partial charge in [0.2, 0.25) is 5.95 Å². The molecule has 3 aromatic rings. The van der Waals surface area contributed by atoms with Gasteiger partial charge in [-0.15, -0.1) is 11.3 Å². The molecule has 138 valence electrons. The Morgan fingerprint density at radius 2 is 1.96 bits per heavy atom. The monoisotopic (exact) mass is 421 g/mol. The summed E-state index contributed by atoms with van der Waals surface area (Å²) in [6.45, 7) is -0.142. The largest absolute Gasteiger partial charge is 0.493 e. The lowest BCUT2D eigenvalue weighted by Crippen LogP contribution is -2.10. The molecule has 1 aromatic carbocycles. The minimum Gasteiger partial charge on any atom is -0.493 e. The number of alkyl halides is 3. The molecule has 2 N–H and O–H groups in total. The number of nitrogen functional groups attached to an aromatic ring is 1. The Kier molecular flexibility index (Phi) is 5.45. The van der Waals surface area contributed by atoms with E-state index in [0.29, 0.717) is 26.5 Å². The smallest absolute Gasteiger partial charge is 0.389 e. The molecule has 2 heterocycles. The van der Waals surface area contributed by atoms with Crippen LogP contribution in [0.25, 0.3) is 21.5 Å². The number of nitrogens with two attached hydrogens (primary N) is 1. The summed E-state index contributed by atoms with van der Waals surface area (Å²) in [5.74, 6) is 0.305. The van der Waals surface area contributed by atoms with Crippen molar-refractivity contribution in [1.82, 2.24) is 9.97 Å². The molecule has 0 saturated heterocycles. The van der Waals surface area contributed by atoms with E-state index in [1.54, 1.807) is 0 Å². The van der Waals surface area contributed by atoms with E-state index in [4.69, 9.17) is 33.7 Å². The second-order valence-electron chi connectivity index (χ2n) is 5.40. The highest BCUT2D eigenvalue weighted by Gasteiger charge is 2.26. The molecule has 0 aliphatic carbocycles. The third-order valence-electron chi connectivity index (χ3n) is 3.46. The Balaban J connectivity index is 1.99. The van der Waals surface area contributed by atoms with Gasteiger partial charge >= 0.3 is 6.18 Å². The molecule has 0 radical (unpaired) electrons. The first-order chi connectivity index (χ1) is 12.2. The molecule has 0 aliphatic heterocycles. The molecule has 10 heteroatoms. The molecular weight excluding hydrogens is 410 g/mol. The van der Waals surface area contributed by atoms with E-state index >= 15 is 0 Å². The van der Waals surface area contributed by atoms with Crippen LogP contribution in [0, 0.1) is 0 Å². The molecule has 0 spiro atoms. The van der Waals surface area contributed by atoms with Crippen LogP contribution in [-0.4, -0.2) is 22.8 Å². The van der Waals surface area contributed by atoms with E-state index in [9.17, 15) is 13.2 Å². The van der Waals surface area contributed by atoms with E-state index in [-0.39, 0.29) is 29.7 Å². The zero-order chi connectivity index (χ0) is 18.9. The molecular formula is C16H12Cl2F3N3OS. The van der Waals surface area contributed by atoms with Crippen LogP contribution in [0.2, 0.25) is 10.0 Å². The van der Waals surface area contributed by atoms with E-state index < -0.39 is 12.6 Å². The van der Waals surface area contributed by atoms with Gasteiger partial charge in [0, 0.05) is 16.8 Å². The summed E-state index contributed by atoms with van der Waals surface area (Å²) in [7, 11) is 0. The van der Waals surface area contributed by atoms with Crippen LogP contribution in [0.1, 0.15) is 12.8 Å². The number of anilines is 1. The van der Waals surface area contributed by atoms with Gasteiger partial charge in [-0.05, 0) is 30.0 Å². The number of hydrogen-bond donors (Lipinski definition) is 1. The number of ether oxygens (including phenoxy) is 1. The second-order valence-corrected chi connectivity index (χ2v) is 7.14. The fraction of sp³-hybridized carbons (Fsp3) is 0.250. The van der Waals surface area contributed by atoms with Crippen LogP contribution >= 0.6 is 34.5 Å². The number of nitrogens with zero attached hydrogens (tertiary/aromatic N) is 2. The Hall–Kier alpha value is -1.77. The van der Waals surface area contributed by atoms with Gasteiger partial charge in [0.1, 0.15) is 10.6 Å². The fourth-order valence-corrected chi connectivity index (χ4v) is 3.75. The van der Waals surface area contributed by atoms with Gasteiger partial charge in [0.15, 0.2) is 0 Å². The molecule has 26 heavy (non-hydrogen) atoms. The number of fused-ring (bicyclic) bond motifs is 1. The first kappa shape index (κ1) is 19.0. The Bertz CT molecular complexity index is 946. The van der Waals surface area contributed by atoms with Gasteiger partial charge in [-0.25, -0.2) is 9.97 Å². The number of halogens is 5. The highest BCUT2D eigenvalue weighted by Crippen LogP contribution is 2.42. The van der Waals surface area contributed by atoms with Crippen molar-refractivity contribution in [2.45, 2.75) is 19.0 Å². The molecule has 0 atom stereocenters. The van der Waals surface area contributed by atoms with Gasteiger partial charge in [-0.3, -0.25) is 0 Å². The van der Waals surface area contributed by atoms with Crippen LogP contribution in [0.3, 0.4) is 0 Å². The van der Waals surface area contributed by atoms with Gasteiger partial charge < -0.3 is 10.5 Å². The Morgan fingerprint density at radius 3 is 2.69 bits per heavy atom. The lowest BCUT2D eigenvalue weighted by atomic mass is 10.1. The summed E-state index contributed by atoms with van der Waals surface area (Å²) in [4.78, 5) is 9.07. The van der Waals surface area contributed by atoms with Crippen LogP contribution in [0.5, 0.6) is 5.75 Å². The number of rotatable bonds is 5. The predicted octanol–water partition coefficient (Wildman–Crippen LogP) is 5.97. The van der Waals surface area contributed by atoms with Crippen molar-refractivity contribution in [3.63, 3.8) is 0 Å². The van der Waals surface area contributed by atoms with E-state index in [2.05, 4.69) is 9.97 Å². The summed E-state index contributed by atoms with van der Waals surface area (Å²) < 4.78 is 42.5. The highest BCUT2D eigenvalue weighted by molar-refractivity contribution is 7.16. The van der Waals surface area contributed by atoms with Crippen LogP contribution < -0.4 is 10.5 Å². The van der Waals surface area contributed by atoms with Crippen molar-refractivity contribution in [3.8, 4) is 17.0 Å². The molecule has 0 aliphatic rings. The average molecular weight is 422 g/mol. The molecule has 0 amide bonds. The Morgan fingerprint density at radius 1 is 1.19 bits per heavy atom. The van der Waals surface area contributed by atoms with Gasteiger partial charge in [-0.2, -0.15) is 13.2 Å². The molecule has 0 fully saturated rings. The molecule has 3 rings (SSSR count). The third kappa shape index (κ3) is 4.31. The summed E-state index contributed by atoms with van der Waals surface area (Å²) in [5.41, 5.74) is 6.63. The van der Waals surface area contributed by atoms with Gasteiger partial charge in [0.25, 0.3) is 0 Å². The molecule has 0 saturated carbocycles. The fourth-order valence-electron chi connectivity index (χ4n) is 2.41. The van der Waals surface area contributed by atoms with E-state index in [1.165, 1.54) is 23.5 Å². The first-order valence-electron chi connectivity index (χ1n) is 7.44. The molecule has 2 aromatic heterocycles. The lowest BCUT2D eigenvalue weighted by molar-refractivity contribution is -0.136. The van der Waals surface area contributed by atoms with E-state index in [1.807, 2.05) is 11.4 Å². The van der Waals surface area contributed by atoms with Crippen molar-refractivity contribution in [2.24, 2.45) is 0 Å². The number of aromatic nitrogens is 2. The normalized spacial score (nSPS) is 11.9. The maximum Gasteiger partial charge on any atom is 0.389 e. The summed E-state index contributed by atoms with van der Waals surface area (Å²) in [6, 6.07) is 4.82. The van der Waals surface area contributed by atoms with Crippen molar-refractivity contribution < 1.29 is 17.9 Å². The molecule has 0 unspecified atom stereocenters. The van der Waals surface area contributed by atoms with Crippen LogP contribution in [-0.2, 0) is 0 Å². The maximum atomic E-state index is 12.3. The predicted molar refractivity (Wildman–Crippen MR) is 98.1 cm³/mol. The van der Waals surface area contributed by atoms with Crippen molar-refractivity contribution in [3.05, 3.63) is 33.6 Å². The summed E-state index contributed by atoms with van der Waals surface area (Å²) >= 11 is 13.7. The highest BCUT2D eigenvalue weighted by atomic mass is 35.5. The number of hydrogen-bond acceptors (Lipinski definition) is 5. The zero-order valence-corrected chi connectivity index (χ0v) is 15.4. The second kappa shape index (κ2) is 7.46. The zero-order valence-electron chi connectivity index (χ0n) is 13.1. The summed E-state index contributed by atoms with van der Waals surface area (Å²) in [6.07, 6.45) is -5.36. The lowest BCUT2D eigenvalue weighted by Gasteiger charge is -2.15. The van der Waals surface area contributed by atoms with E-state index in [0.717, 1.165) is 0 Å². The molecule has 0 bridgehead atoms. The van der Waals surface area contributed by atoms with Gasteiger partial charge in [0.05, 0.1) is 22.9 Å². The third-order valence-corrected chi connectivity index (χ3v) is 4.78. The summed E-state index contributed by atoms with van der Waals surface area (Å²) in [5, 5.41) is 3.10. The number of benzene rings is 1. The van der Waals surface area contributed by atoms with Crippen molar-refractivity contribution in [2.75, 3.05) is 12.3 Å². The van der Waals surface area contributed by atoms with Crippen molar-refractivity contribution in [1.29, 1.82) is 0 Å². The maximum absolute atomic E-state index is 12.3. The first-order valence-corrected chi connectivity index (χ1v) is 9.08. The SMILES string of the molecule is Nc1nc(-c2c(Cl)cc(Cl)cc2OCCCC(F)(F)F)c2ccsc2n1. The molecule has 4 nitrogen and oxygen atoms in total. The average Bonchev–Trinajstić information content (AvgIpc) is 2.98. The standard InChI is InChI=1S/C16H12Cl2F3N3OS/c17-8-6-10(18)12(11(7-8)25-4-1-3-16(19,20)21)13-9-2-5-26-14(9)24-15(22)23-13/h2,5-7H,1,3-4H2,(H2,22,23,24).